The number of ether oxygens (including phenoxy) is 1. The van der Waals surface area contributed by atoms with Crippen LogP contribution in [0.15, 0.2) is 5.11 Å². The number of alkyl carbamates (subject to hydrolysis) is 1. The van der Waals surface area contributed by atoms with E-state index < -0.39 is 29.2 Å². The van der Waals surface area contributed by atoms with Crippen LogP contribution >= 0.6 is 0 Å². The van der Waals surface area contributed by atoms with Gasteiger partial charge in [-0.1, -0.05) is 25.9 Å². The molecule has 0 aromatic carbocycles. The third-order valence-corrected chi connectivity index (χ3v) is 2.38. The Balaban J connectivity index is 4.98. The maximum Gasteiger partial charge on any atom is 0.407 e. The number of nitrogens with one attached hydrogen (secondary N) is 1. The Kier molecular flexibility index (Phi) is 6.12. The third kappa shape index (κ3) is 6.88. The Morgan fingerprint density at radius 1 is 1.37 bits per heavy atom. The van der Waals surface area contributed by atoms with Crippen molar-refractivity contribution in [1.82, 2.24) is 5.32 Å². The molecule has 7 heteroatoms. The van der Waals surface area contributed by atoms with Crippen LogP contribution in [-0.4, -0.2) is 35.5 Å². The normalized spacial score (nSPS) is 15.1. The van der Waals surface area contributed by atoms with Crippen molar-refractivity contribution in [2.45, 2.75) is 59.2 Å². The van der Waals surface area contributed by atoms with Crippen molar-refractivity contribution in [3.05, 3.63) is 10.4 Å². The molecule has 0 spiro atoms. The predicted molar refractivity (Wildman–Crippen MR) is 72.6 cm³/mol. The molecule has 7 nitrogen and oxygen atoms in total. The van der Waals surface area contributed by atoms with Crippen LogP contribution in [0.2, 0.25) is 0 Å². The van der Waals surface area contributed by atoms with Gasteiger partial charge in [-0.2, -0.15) is 0 Å². The zero-order chi connectivity index (χ0) is 15.3. The van der Waals surface area contributed by atoms with Gasteiger partial charge in [0.1, 0.15) is 5.60 Å². The summed E-state index contributed by atoms with van der Waals surface area (Å²) in [5.74, 6) is 0. The average molecular weight is 272 g/mol. The first kappa shape index (κ1) is 17.5. The predicted octanol–water partition coefficient (Wildman–Crippen LogP) is 2.60. The Labute approximate surface area is 114 Å². The van der Waals surface area contributed by atoms with Gasteiger partial charge in [-0.25, -0.2) is 4.79 Å². The Morgan fingerprint density at radius 3 is 2.21 bits per heavy atom. The summed E-state index contributed by atoms with van der Waals surface area (Å²) in [6, 6.07) is -1.26. The lowest BCUT2D eigenvalue weighted by Gasteiger charge is -2.35. The number of aliphatic hydroxyl groups is 1. The monoisotopic (exact) mass is 272 g/mol. The fourth-order valence-corrected chi connectivity index (χ4v) is 1.60. The van der Waals surface area contributed by atoms with Crippen LogP contribution in [0.5, 0.6) is 0 Å². The van der Waals surface area contributed by atoms with E-state index in [-0.39, 0.29) is 6.61 Å². The lowest BCUT2D eigenvalue weighted by atomic mass is 9.82. The van der Waals surface area contributed by atoms with E-state index in [0.717, 1.165) is 0 Å². The second-order valence-electron chi connectivity index (χ2n) is 6.44. The van der Waals surface area contributed by atoms with E-state index >= 15 is 0 Å². The van der Waals surface area contributed by atoms with Crippen LogP contribution in [-0.2, 0) is 4.74 Å². The topological polar surface area (TPSA) is 107 Å². The molecule has 0 heterocycles. The van der Waals surface area contributed by atoms with Gasteiger partial charge < -0.3 is 15.2 Å². The summed E-state index contributed by atoms with van der Waals surface area (Å²) in [7, 11) is 0. The first-order valence-electron chi connectivity index (χ1n) is 6.16. The van der Waals surface area contributed by atoms with Crippen molar-refractivity contribution in [3.63, 3.8) is 0 Å². The Bertz CT molecular complexity index is 351. The van der Waals surface area contributed by atoms with Gasteiger partial charge in [-0.15, -0.1) is 0 Å². The van der Waals surface area contributed by atoms with Crippen molar-refractivity contribution in [2.75, 3.05) is 6.61 Å². The molecule has 0 saturated carbocycles. The van der Waals surface area contributed by atoms with Gasteiger partial charge in [0.05, 0.1) is 12.6 Å². The molecule has 2 atom stereocenters. The first-order chi connectivity index (χ1) is 8.51. The fraction of sp³-hybridized carbons (Fsp3) is 0.917. The highest BCUT2D eigenvalue weighted by Crippen LogP contribution is 2.24. The number of hydrogen-bond donors (Lipinski definition) is 2. The number of rotatable bonds is 4. The van der Waals surface area contributed by atoms with Crippen molar-refractivity contribution in [2.24, 2.45) is 10.5 Å². The first-order valence-corrected chi connectivity index (χ1v) is 6.16. The maximum absolute atomic E-state index is 11.8. The molecule has 0 fully saturated rings. The van der Waals surface area contributed by atoms with E-state index in [1.54, 1.807) is 20.8 Å². The summed E-state index contributed by atoms with van der Waals surface area (Å²) in [6.45, 7) is 10.6. The van der Waals surface area contributed by atoms with E-state index in [2.05, 4.69) is 15.3 Å². The van der Waals surface area contributed by atoms with Crippen LogP contribution in [0, 0.1) is 5.41 Å². The van der Waals surface area contributed by atoms with Crippen molar-refractivity contribution in [3.8, 4) is 0 Å². The minimum atomic E-state index is -0.738. The highest BCUT2D eigenvalue weighted by atomic mass is 16.6. The number of azide groups is 1. The van der Waals surface area contributed by atoms with Gasteiger partial charge in [0.2, 0.25) is 0 Å². The summed E-state index contributed by atoms with van der Waals surface area (Å²) >= 11 is 0. The standard InChI is InChI=1S/C12H24N4O3/c1-11(2,3)9(8(7-17)15-16-13)14-10(18)19-12(4,5)6/h8-9,17H,7H2,1-6H3,(H,14,18). The van der Waals surface area contributed by atoms with Crippen molar-refractivity contribution >= 4 is 6.09 Å². The van der Waals surface area contributed by atoms with Crippen molar-refractivity contribution < 1.29 is 14.6 Å². The SMILES string of the molecule is CC(C)(C)OC(=O)NC(C(CO)N=[N+]=[N-])C(C)(C)C. The minimum absolute atomic E-state index is 0.345. The number of aliphatic hydroxyl groups excluding tert-OH is 1. The molecule has 0 aliphatic rings. The van der Waals surface area contributed by atoms with Crippen molar-refractivity contribution in [1.29, 1.82) is 0 Å². The molecule has 2 unspecified atom stereocenters. The van der Waals surface area contributed by atoms with Gasteiger partial charge in [0, 0.05) is 11.0 Å². The molecule has 2 N–H and O–H groups in total. The maximum atomic E-state index is 11.8. The van der Waals surface area contributed by atoms with Gasteiger partial charge in [0.25, 0.3) is 0 Å². The fourth-order valence-electron chi connectivity index (χ4n) is 1.60. The van der Waals surface area contributed by atoms with Gasteiger partial charge in [-0.3, -0.25) is 0 Å². The summed E-state index contributed by atoms with van der Waals surface area (Å²) < 4.78 is 5.17. The summed E-state index contributed by atoms with van der Waals surface area (Å²) in [6.07, 6.45) is -0.598. The number of hydrogen-bond acceptors (Lipinski definition) is 4. The molecule has 19 heavy (non-hydrogen) atoms. The minimum Gasteiger partial charge on any atom is -0.444 e. The van der Waals surface area contributed by atoms with E-state index in [1.165, 1.54) is 0 Å². The Morgan fingerprint density at radius 2 is 1.89 bits per heavy atom. The molecule has 0 aliphatic carbocycles. The number of amides is 1. The zero-order valence-electron chi connectivity index (χ0n) is 12.5. The summed E-state index contributed by atoms with van der Waals surface area (Å²) in [4.78, 5) is 14.5. The highest BCUT2D eigenvalue weighted by Gasteiger charge is 2.34. The molecule has 1 amide bonds. The highest BCUT2D eigenvalue weighted by molar-refractivity contribution is 5.68. The van der Waals surface area contributed by atoms with E-state index in [9.17, 15) is 9.90 Å². The van der Waals surface area contributed by atoms with Crippen LogP contribution in [0.1, 0.15) is 41.5 Å². The molecule has 0 aliphatic heterocycles. The number of carbonyl (C=O) groups excluding carboxylic acids is 1. The second-order valence-corrected chi connectivity index (χ2v) is 6.44. The molecule has 0 bridgehead atoms. The largest absolute Gasteiger partial charge is 0.444 e. The van der Waals surface area contributed by atoms with Crippen LogP contribution in [0.4, 0.5) is 4.79 Å². The number of carbonyl (C=O) groups is 1. The average Bonchev–Trinajstić information content (AvgIpc) is 2.19. The molecule has 0 aromatic rings. The molecule has 0 saturated heterocycles. The van der Waals surface area contributed by atoms with Crippen LogP contribution in [0.25, 0.3) is 10.4 Å². The van der Waals surface area contributed by atoms with Gasteiger partial charge in [0.15, 0.2) is 0 Å². The zero-order valence-corrected chi connectivity index (χ0v) is 12.5. The van der Waals surface area contributed by atoms with E-state index in [4.69, 9.17) is 10.3 Å². The lowest BCUT2D eigenvalue weighted by molar-refractivity contribution is 0.0433. The lowest BCUT2D eigenvalue weighted by Crippen LogP contribution is -2.52. The summed E-state index contributed by atoms with van der Waals surface area (Å²) in [5.41, 5.74) is 7.50. The molecule has 0 rings (SSSR count). The third-order valence-electron chi connectivity index (χ3n) is 2.38. The summed E-state index contributed by atoms with van der Waals surface area (Å²) in [5, 5.41) is 15.5. The smallest absolute Gasteiger partial charge is 0.407 e. The molecular formula is C12H24N4O3. The van der Waals surface area contributed by atoms with Crippen LogP contribution < -0.4 is 5.32 Å². The Hall–Kier alpha value is -1.46. The van der Waals surface area contributed by atoms with Gasteiger partial charge in [-0.05, 0) is 31.7 Å². The quantitative estimate of drug-likeness (QED) is 0.466. The molecule has 110 valence electrons. The van der Waals surface area contributed by atoms with E-state index in [1.807, 2.05) is 20.8 Å². The molecule has 0 radical (unpaired) electrons. The van der Waals surface area contributed by atoms with E-state index in [0.29, 0.717) is 0 Å². The van der Waals surface area contributed by atoms with Crippen LogP contribution in [0.3, 0.4) is 0 Å². The second kappa shape index (κ2) is 6.63. The molecular weight excluding hydrogens is 248 g/mol. The van der Waals surface area contributed by atoms with Gasteiger partial charge >= 0.3 is 6.09 Å². The number of nitrogens with zero attached hydrogens (tertiary/aromatic N) is 3. The molecule has 0 aromatic heterocycles.